The van der Waals surface area contributed by atoms with Gasteiger partial charge >= 0.3 is 0 Å². The largest absolute Gasteiger partial charge is 0.397 e. The molecule has 2 rings (SSSR count). The molecule has 6 nitrogen and oxygen atoms in total. The lowest BCUT2D eigenvalue weighted by molar-refractivity contribution is 0.101. The van der Waals surface area contributed by atoms with E-state index in [9.17, 15) is 4.79 Å². The Bertz CT molecular complexity index is 581. The summed E-state index contributed by atoms with van der Waals surface area (Å²) in [5, 5.41) is 2.72. The molecule has 0 radical (unpaired) electrons. The van der Waals surface area contributed by atoms with Crippen LogP contribution in [0, 0.1) is 0 Å². The molecule has 0 bridgehead atoms. The quantitative estimate of drug-likeness (QED) is 0.829. The second-order valence-corrected chi connectivity index (χ2v) is 3.95. The van der Waals surface area contributed by atoms with Crippen LogP contribution in [0.15, 0.2) is 24.5 Å². The molecule has 0 spiro atoms. The summed E-state index contributed by atoms with van der Waals surface area (Å²) in [5.74, 6) is 0.0609. The van der Waals surface area contributed by atoms with E-state index < -0.39 is 0 Å². The average Bonchev–Trinajstić information content (AvgIpc) is 2.70. The Balaban J connectivity index is 2.21. The first-order chi connectivity index (χ1) is 8.60. The van der Waals surface area contributed by atoms with Gasteiger partial charge < -0.3 is 15.6 Å². The third-order valence-electron chi connectivity index (χ3n) is 2.36. The first kappa shape index (κ1) is 12.4. The first-order valence-corrected chi connectivity index (χ1v) is 5.73. The molecule has 94 valence electrons. The van der Waals surface area contributed by atoms with Gasteiger partial charge in [0.2, 0.25) is 5.28 Å². The van der Waals surface area contributed by atoms with Gasteiger partial charge in [-0.2, -0.15) is 0 Å². The van der Waals surface area contributed by atoms with Gasteiger partial charge in [-0.15, -0.1) is 0 Å². The molecule has 0 aliphatic heterocycles. The first-order valence-electron chi connectivity index (χ1n) is 5.35. The number of halogens is 1. The number of nitrogen functional groups attached to an aromatic ring is 1. The number of carbonyl (C=O) groups excluding carboxylic acids is 1. The Morgan fingerprint density at radius 3 is 3.06 bits per heavy atom. The van der Waals surface area contributed by atoms with E-state index in [2.05, 4.69) is 15.3 Å². The Morgan fingerprint density at radius 2 is 2.39 bits per heavy atom. The molecular weight excluding hydrogens is 254 g/mol. The van der Waals surface area contributed by atoms with E-state index in [-0.39, 0.29) is 11.2 Å². The van der Waals surface area contributed by atoms with Gasteiger partial charge in [0.05, 0.1) is 5.69 Å². The maximum atomic E-state index is 12.0. The van der Waals surface area contributed by atoms with Crippen molar-refractivity contribution in [2.75, 3.05) is 11.1 Å². The molecule has 7 heteroatoms. The number of hydrogen-bond acceptors (Lipinski definition) is 4. The smallest absolute Gasteiger partial charge is 0.273 e. The fraction of sp³-hybridized carbons (Fsp3) is 0.182. The highest BCUT2D eigenvalue weighted by Crippen LogP contribution is 2.13. The average molecular weight is 266 g/mol. The summed E-state index contributed by atoms with van der Waals surface area (Å²) in [6.45, 7) is 2.59. The van der Waals surface area contributed by atoms with Crippen LogP contribution in [0.4, 0.5) is 11.5 Å². The van der Waals surface area contributed by atoms with Gasteiger partial charge in [-0.3, -0.25) is 4.79 Å². The predicted molar refractivity (Wildman–Crippen MR) is 69.5 cm³/mol. The molecule has 0 saturated heterocycles. The molecule has 18 heavy (non-hydrogen) atoms. The van der Waals surface area contributed by atoms with Gasteiger partial charge in [0, 0.05) is 18.9 Å². The Morgan fingerprint density at radius 1 is 1.61 bits per heavy atom. The molecule has 1 amide bonds. The van der Waals surface area contributed by atoms with Gasteiger partial charge in [0.15, 0.2) is 0 Å². The summed E-state index contributed by atoms with van der Waals surface area (Å²) in [5.41, 5.74) is 6.68. The van der Waals surface area contributed by atoms with Crippen LogP contribution in [0.3, 0.4) is 0 Å². The highest BCUT2D eigenvalue weighted by atomic mass is 35.5. The van der Waals surface area contributed by atoms with E-state index in [0.717, 1.165) is 0 Å². The van der Waals surface area contributed by atoms with Crippen LogP contribution in [0.2, 0.25) is 5.28 Å². The zero-order valence-corrected chi connectivity index (χ0v) is 10.5. The fourth-order valence-electron chi connectivity index (χ4n) is 1.57. The summed E-state index contributed by atoms with van der Waals surface area (Å²) in [6, 6.07) is 3.17. The van der Waals surface area contributed by atoms with E-state index in [1.54, 1.807) is 22.9 Å². The molecule has 0 atom stereocenters. The Kier molecular flexibility index (Phi) is 3.47. The Labute approximate surface area is 109 Å². The fourth-order valence-corrected chi connectivity index (χ4v) is 1.72. The molecule has 2 heterocycles. The number of anilines is 2. The lowest BCUT2D eigenvalue weighted by Crippen LogP contribution is -2.17. The second-order valence-electron chi connectivity index (χ2n) is 3.61. The van der Waals surface area contributed by atoms with Gasteiger partial charge in [-0.1, -0.05) is 0 Å². The van der Waals surface area contributed by atoms with Crippen molar-refractivity contribution >= 4 is 29.0 Å². The van der Waals surface area contributed by atoms with Gasteiger partial charge in [0.1, 0.15) is 11.5 Å². The van der Waals surface area contributed by atoms with E-state index >= 15 is 0 Å². The highest BCUT2D eigenvalue weighted by Gasteiger charge is 2.12. The monoisotopic (exact) mass is 265 g/mol. The molecule has 0 aliphatic rings. The van der Waals surface area contributed by atoms with Crippen molar-refractivity contribution in [1.29, 1.82) is 0 Å². The molecule has 0 aliphatic carbocycles. The minimum atomic E-state index is -0.289. The number of nitrogens with two attached hydrogens (primary N) is 1. The minimum Gasteiger partial charge on any atom is -0.397 e. The van der Waals surface area contributed by atoms with E-state index in [0.29, 0.717) is 23.7 Å². The normalized spacial score (nSPS) is 10.3. The topological polar surface area (TPSA) is 85.8 Å². The van der Waals surface area contributed by atoms with Crippen LogP contribution in [-0.4, -0.2) is 20.4 Å². The zero-order valence-electron chi connectivity index (χ0n) is 9.72. The van der Waals surface area contributed by atoms with Crippen molar-refractivity contribution in [3.05, 3.63) is 35.5 Å². The lowest BCUT2D eigenvalue weighted by Gasteiger charge is -2.06. The maximum Gasteiger partial charge on any atom is 0.273 e. The Hall–Kier alpha value is -2.08. The third kappa shape index (κ3) is 2.60. The van der Waals surface area contributed by atoms with Crippen molar-refractivity contribution in [3.63, 3.8) is 0 Å². The number of aryl methyl sites for hydroxylation is 1. The predicted octanol–water partition coefficient (Wildman–Crippen LogP) is 1.79. The van der Waals surface area contributed by atoms with E-state index in [4.69, 9.17) is 17.3 Å². The van der Waals surface area contributed by atoms with Crippen LogP contribution in [0.1, 0.15) is 17.4 Å². The number of rotatable bonds is 3. The number of aromatic nitrogens is 3. The number of nitrogens with one attached hydrogen (secondary N) is 1. The molecule has 0 unspecified atom stereocenters. The number of amides is 1. The molecule has 3 N–H and O–H groups in total. The van der Waals surface area contributed by atoms with Crippen LogP contribution in [-0.2, 0) is 6.54 Å². The lowest BCUT2D eigenvalue weighted by atomic mass is 10.3. The molecule has 0 fully saturated rings. The van der Waals surface area contributed by atoms with E-state index in [1.165, 1.54) is 6.20 Å². The SMILES string of the molecule is CCn1cc(N)cc1C(=O)Nc1ccnc(Cl)n1. The molecule has 0 aromatic carbocycles. The van der Waals surface area contributed by atoms with Crippen molar-refractivity contribution in [1.82, 2.24) is 14.5 Å². The molecular formula is C11H12ClN5O. The highest BCUT2D eigenvalue weighted by molar-refractivity contribution is 6.28. The standard InChI is InChI=1S/C11H12ClN5O/c1-2-17-6-7(13)5-8(17)10(18)15-9-3-4-14-11(12)16-9/h3-6H,2,13H2,1H3,(H,14,15,16,18). The molecule has 2 aromatic heterocycles. The van der Waals surface area contributed by atoms with Gasteiger partial charge in [-0.25, -0.2) is 9.97 Å². The van der Waals surface area contributed by atoms with Crippen molar-refractivity contribution < 1.29 is 4.79 Å². The van der Waals surface area contributed by atoms with Crippen LogP contribution in [0.5, 0.6) is 0 Å². The third-order valence-corrected chi connectivity index (χ3v) is 2.54. The van der Waals surface area contributed by atoms with E-state index in [1.807, 2.05) is 6.92 Å². The van der Waals surface area contributed by atoms with Crippen LogP contribution in [0.25, 0.3) is 0 Å². The number of nitrogens with zero attached hydrogens (tertiary/aromatic N) is 3. The van der Waals surface area contributed by atoms with Crippen molar-refractivity contribution in [3.8, 4) is 0 Å². The summed E-state index contributed by atoms with van der Waals surface area (Å²) in [4.78, 5) is 19.6. The minimum absolute atomic E-state index is 0.0817. The van der Waals surface area contributed by atoms with Crippen LogP contribution >= 0.6 is 11.6 Å². The van der Waals surface area contributed by atoms with Gasteiger partial charge in [-0.05, 0) is 30.7 Å². The second kappa shape index (κ2) is 5.05. The summed E-state index contributed by atoms with van der Waals surface area (Å²) in [6.07, 6.45) is 3.18. The summed E-state index contributed by atoms with van der Waals surface area (Å²) >= 11 is 5.64. The number of hydrogen-bond donors (Lipinski definition) is 2. The number of carbonyl (C=O) groups is 1. The molecule has 0 saturated carbocycles. The summed E-state index contributed by atoms with van der Waals surface area (Å²) in [7, 11) is 0. The van der Waals surface area contributed by atoms with Gasteiger partial charge in [0.25, 0.3) is 5.91 Å². The zero-order chi connectivity index (χ0) is 13.1. The van der Waals surface area contributed by atoms with Crippen molar-refractivity contribution in [2.45, 2.75) is 13.5 Å². The maximum absolute atomic E-state index is 12.0. The molecule has 2 aromatic rings. The van der Waals surface area contributed by atoms with Crippen molar-refractivity contribution in [2.24, 2.45) is 0 Å². The summed E-state index contributed by atoms with van der Waals surface area (Å²) < 4.78 is 1.76. The van der Waals surface area contributed by atoms with Crippen LogP contribution < -0.4 is 11.1 Å².